The second-order valence-electron chi connectivity index (χ2n) is 5.14. The molecular formula is C19H16O6. The third kappa shape index (κ3) is 3.47. The van der Waals surface area contributed by atoms with E-state index in [9.17, 15) is 9.59 Å². The summed E-state index contributed by atoms with van der Waals surface area (Å²) in [5, 5.41) is 0.390. The van der Waals surface area contributed by atoms with Crippen molar-refractivity contribution >= 4 is 16.9 Å². The topological polar surface area (TPSA) is 75.0 Å². The van der Waals surface area contributed by atoms with Crippen LogP contribution in [0.2, 0.25) is 0 Å². The minimum absolute atomic E-state index is 0.0570. The van der Waals surface area contributed by atoms with E-state index in [1.165, 1.54) is 13.4 Å². The van der Waals surface area contributed by atoms with Crippen LogP contribution in [0.15, 0.2) is 57.9 Å². The first kappa shape index (κ1) is 16.6. The molecule has 2 aromatic carbocycles. The molecule has 0 amide bonds. The molecule has 3 rings (SSSR count). The van der Waals surface area contributed by atoms with Gasteiger partial charge in [0, 0.05) is 6.07 Å². The van der Waals surface area contributed by atoms with Gasteiger partial charge in [0.1, 0.15) is 23.3 Å². The number of ether oxygens (including phenoxy) is 3. The zero-order valence-electron chi connectivity index (χ0n) is 13.8. The summed E-state index contributed by atoms with van der Waals surface area (Å²) in [4.78, 5) is 24.1. The number of rotatable bonds is 5. The van der Waals surface area contributed by atoms with E-state index in [2.05, 4.69) is 0 Å². The minimum Gasteiger partial charge on any atom is -0.497 e. The molecule has 0 aliphatic heterocycles. The molecule has 128 valence electrons. The molecule has 1 heterocycles. The van der Waals surface area contributed by atoms with Crippen LogP contribution < -0.4 is 14.9 Å². The maximum Gasteiger partial charge on any atom is 0.338 e. The third-order valence-electron chi connectivity index (χ3n) is 3.54. The lowest BCUT2D eigenvalue weighted by Gasteiger charge is -2.07. The first-order valence-electron chi connectivity index (χ1n) is 7.67. The minimum atomic E-state index is -0.409. The van der Waals surface area contributed by atoms with Gasteiger partial charge in [0.15, 0.2) is 0 Å². The Morgan fingerprint density at radius 3 is 2.48 bits per heavy atom. The van der Waals surface area contributed by atoms with E-state index in [1.807, 2.05) is 0 Å². The summed E-state index contributed by atoms with van der Waals surface area (Å²) in [6.45, 7) is 2.05. The summed E-state index contributed by atoms with van der Waals surface area (Å²) in [6, 6.07) is 11.2. The normalized spacial score (nSPS) is 10.5. The second-order valence-corrected chi connectivity index (χ2v) is 5.14. The fraction of sp³-hybridized carbons (Fsp3) is 0.158. The van der Waals surface area contributed by atoms with Gasteiger partial charge in [0.25, 0.3) is 0 Å². The van der Waals surface area contributed by atoms with E-state index >= 15 is 0 Å². The van der Waals surface area contributed by atoms with Crippen molar-refractivity contribution in [2.24, 2.45) is 0 Å². The maximum atomic E-state index is 12.5. The van der Waals surface area contributed by atoms with Crippen LogP contribution in [0.4, 0.5) is 0 Å². The Kier molecular flexibility index (Phi) is 4.70. The van der Waals surface area contributed by atoms with Gasteiger partial charge in [-0.25, -0.2) is 4.79 Å². The summed E-state index contributed by atoms with van der Waals surface area (Å²) < 4.78 is 21.1. The second kappa shape index (κ2) is 7.09. The number of fused-ring (bicyclic) bond motifs is 1. The highest BCUT2D eigenvalue weighted by atomic mass is 16.5. The van der Waals surface area contributed by atoms with Gasteiger partial charge in [-0.3, -0.25) is 4.79 Å². The Labute approximate surface area is 143 Å². The maximum absolute atomic E-state index is 12.5. The molecule has 0 fully saturated rings. The summed E-state index contributed by atoms with van der Waals surface area (Å²) in [6.07, 6.45) is 1.25. The van der Waals surface area contributed by atoms with Gasteiger partial charge < -0.3 is 18.6 Å². The molecule has 1 aromatic heterocycles. The Morgan fingerprint density at radius 1 is 1.08 bits per heavy atom. The zero-order valence-corrected chi connectivity index (χ0v) is 13.8. The molecule has 0 aliphatic rings. The smallest absolute Gasteiger partial charge is 0.338 e. The number of hydrogen-bond donors (Lipinski definition) is 0. The van der Waals surface area contributed by atoms with E-state index in [4.69, 9.17) is 18.6 Å². The van der Waals surface area contributed by atoms with Crippen molar-refractivity contribution in [2.75, 3.05) is 13.7 Å². The largest absolute Gasteiger partial charge is 0.497 e. The van der Waals surface area contributed by atoms with E-state index in [1.54, 1.807) is 49.4 Å². The van der Waals surface area contributed by atoms with E-state index in [-0.39, 0.29) is 11.2 Å². The van der Waals surface area contributed by atoms with E-state index < -0.39 is 5.97 Å². The van der Waals surface area contributed by atoms with Gasteiger partial charge in [-0.05, 0) is 43.3 Å². The van der Waals surface area contributed by atoms with E-state index in [0.717, 1.165) is 0 Å². The zero-order chi connectivity index (χ0) is 17.8. The van der Waals surface area contributed by atoms with Crippen molar-refractivity contribution in [3.8, 4) is 17.2 Å². The predicted octanol–water partition coefficient (Wildman–Crippen LogP) is 3.77. The molecule has 25 heavy (non-hydrogen) atoms. The van der Waals surface area contributed by atoms with Crippen molar-refractivity contribution in [3.05, 3.63) is 64.5 Å². The Morgan fingerprint density at radius 2 is 1.80 bits per heavy atom. The van der Waals surface area contributed by atoms with Crippen molar-refractivity contribution in [3.63, 3.8) is 0 Å². The van der Waals surface area contributed by atoms with Crippen molar-refractivity contribution in [2.45, 2.75) is 6.92 Å². The molecule has 0 N–H and O–H groups in total. The highest BCUT2D eigenvalue weighted by Gasteiger charge is 2.11. The molecule has 3 aromatic rings. The lowest BCUT2D eigenvalue weighted by Crippen LogP contribution is -2.06. The predicted molar refractivity (Wildman–Crippen MR) is 91.5 cm³/mol. The van der Waals surface area contributed by atoms with Crippen LogP contribution in [0.3, 0.4) is 0 Å². The number of esters is 1. The monoisotopic (exact) mass is 340 g/mol. The highest BCUT2D eigenvalue weighted by molar-refractivity contribution is 5.89. The van der Waals surface area contributed by atoms with Gasteiger partial charge in [0.05, 0.1) is 24.7 Å². The van der Waals surface area contributed by atoms with Gasteiger partial charge >= 0.3 is 5.97 Å². The fourth-order valence-electron chi connectivity index (χ4n) is 2.29. The summed E-state index contributed by atoms with van der Waals surface area (Å²) in [5.41, 5.74) is 0.527. The molecule has 0 saturated heterocycles. The lowest BCUT2D eigenvalue weighted by atomic mass is 10.2. The van der Waals surface area contributed by atoms with Crippen LogP contribution in [0, 0.1) is 0 Å². The van der Waals surface area contributed by atoms with Crippen LogP contribution >= 0.6 is 0 Å². The van der Waals surface area contributed by atoms with Crippen LogP contribution in [-0.4, -0.2) is 19.7 Å². The SMILES string of the molecule is CCOC(=O)c1ccc(Oc2coc3cc(OC)ccc3c2=O)cc1. The number of carbonyl (C=O) groups excluding carboxylic acids is 1. The molecule has 0 radical (unpaired) electrons. The molecule has 0 spiro atoms. The molecule has 6 heteroatoms. The Hall–Kier alpha value is -3.28. The van der Waals surface area contributed by atoms with Crippen LogP contribution in [-0.2, 0) is 4.74 Å². The number of benzene rings is 2. The van der Waals surface area contributed by atoms with Gasteiger partial charge in [0.2, 0.25) is 11.2 Å². The standard InChI is InChI=1S/C19H16O6/c1-3-23-19(21)12-4-6-13(7-5-12)25-17-11-24-16-10-14(22-2)8-9-15(16)18(17)20/h4-11H,3H2,1-2H3. The first-order valence-corrected chi connectivity index (χ1v) is 7.67. The molecule has 0 saturated carbocycles. The molecule has 0 atom stereocenters. The quantitative estimate of drug-likeness (QED) is 0.658. The van der Waals surface area contributed by atoms with Gasteiger partial charge in [-0.15, -0.1) is 0 Å². The van der Waals surface area contributed by atoms with Crippen LogP contribution in [0.5, 0.6) is 17.2 Å². The van der Waals surface area contributed by atoms with Gasteiger partial charge in [-0.1, -0.05) is 0 Å². The highest BCUT2D eigenvalue weighted by Crippen LogP contribution is 2.24. The molecule has 0 unspecified atom stereocenters. The summed E-state index contributed by atoms with van der Waals surface area (Å²) >= 11 is 0. The molecule has 0 aliphatic carbocycles. The van der Waals surface area contributed by atoms with Crippen molar-refractivity contribution in [1.29, 1.82) is 0 Å². The van der Waals surface area contributed by atoms with Gasteiger partial charge in [-0.2, -0.15) is 0 Å². The molecule has 6 nitrogen and oxygen atoms in total. The summed E-state index contributed by atoms with van der Waals surface area (Å²) in [7, 11) is 1.54. The Bertz CT molecular complexity index is 956. The number of hydrogen-bond acceptors (Lipinski definition) is 6. The lowest BCUT2D eigenvalue weighted by molar-refractivity contribution is 0.0526. The molecular weight excluding hydrogens is 324 g/mol. The van der Waals surface area contributed by atoms with Crippen LogP contribution in [0.25, 0.3) is 11.0 Å². The Balaban J connectivity index is 1.86. The number of methoxy groups -OCH3 is 1. The summed E-state index contributed by atoms with van der Waals surface area (Å²) in [5.74, 6) is 0.654. The van der Waals surface area contributed by atoms with E-state index in [0.29, 0.717) is 34.6 Å². The average molecular weight is 340 g/mol. The van der Waals surface area contributed by atoms with Crippen LogP contribution in [0.1, 0.15) is 17.3 Å². The third-order valence-corrected chi connectivity index (χ3v) is 3.54. The fourth-order valence-corrected chi connectivity index (χ4v) is 2.29. The average Bonchev–Trinajstić information content (AvgIpc) is 2.64. The first-order chi connectivity index (χ1) is 12.1. The van der Waals surface area contributed by atoms with Crippen molar-refractivity contribution in [1.82, 2.24) is 0 Å². The molecule has 0 bridgehead atoms. The van der Waals surface area contributed by atoms with Crippen molar-refractivity contribution < 1.29 is 23.4 Å². The number of carbonyl (C=O) groups is 1.